The monoisotopic (exact) mass is 309 g/mol. The third kappa shape index (κ3) is 3.61. The summed E-state index contributed by atoms with van der Waals surface area (Å²) in [7, 11) is -3.89. The number of halogens is 1. The molecular formula is C13H12FN3O3S. The minimum atomic E-state index is -3.89. The normalized spacial score (nSPS) is 11.2. The Hall–Kier alpha value is -2.32. The molecule has 1 aromatic heterocycles. The number of hydrogen-bond donors (Lipinski definition) is 2. The molecule has 21 heavy (non-hydrogen) atoms. The van der Waals surface area contributed by atoms with E-state index in [0.717, 1.165) is 12.3 Å². The first-order chi connectivity index (χ1) is 9.77. The van der Waals surface area contributed by atoms with Crippen molar-refractivity contribution in [3.63, 3.8) is 0 Å². The highest BCUT2D eigenvalue weighted by Gasteiger charge is 2.14. The van der Waals surface area contributed by atoms with Crippen LogP contribution in [0.1, 0.15) is 15.9 Å². The number of hydrogen-bond acceptors (Lipinski definition) is 4. The molecule has 0 aliphatic rings. The van der Waals surface area contributed by atoms with Gasteiger partial charge in [0.1, 0.15) is 5.82 Å². The SMILES string of the molecule is Cc1ccc(NC(=O)c2cncc(F)c2)cc1S(N)(=O)=O. The van der Waals surface area contributed by atoms with Gasteiger partial charge in [0.2, 0.25) is 10.0 Å². The molecule has 6 nitrogen and oxygen atoms in total. The highest BCUT2D eigenvalue weighted by atomic mass is 32.2. The first-order valence-corrected chi connectivity index (χ1v) is 7.37. The molecule has 2 rings (SSSR count). The van der Waals surface area contributed by atoms with E-state index in [1.165, 1.54) is 24.4 Å². The third-order valence-electron chi connectivity index (χ3n) is 2.72. The molecular weight excluding hydrogens is 297 g/mol. The molecule has 0 aliphatic carbocycles. The molecule has 1 amide bonds. The molecule has 1 heterocycles. The van der Waals surface area contributed by atoms with Gasteiger partial charge in [-0.25, -0.2) is 17.9 Å². The van der Waals surface area contributed by atoms with Crippen LogP contribution in [0.4, 0.5) is 10.1 Å². The van der Waals surface area contributed by atoms with Crippen molar-refractivity contribution in [3.8, 4) is 0 Å². The molecule has 1 aromatic carbocycles. The Bertz CT molecular complexity index is 806. The molecule has 3 N–H and O–H groups in total. The number of benzene rings is 1. The van der Waals surface area contributed by atoms with Crippen molar-refractivity contribution in [2.75, 3.05) is 5.32 Å². The number of pyridine rings is 1. The summed E-state index contributed by atoms with van der Waals surface area (Å²) in [6.45, 7) is 1.59. The summed E-state index contributed by atoms with van der Waals surface area (Å²) in [5.74, 6) is -1.25. The van der Waals surface area contributed by atoms with Gasteiger partial charge in [-0.15, -0.1) is 0 Å². The van der Waals surface area contributed by atoms with Gasteiger partial charge in [-0.2, -0.15) is 0 Å². The Morgan fingerprint density at radius 2 is 2.00 bits per heavy atom. The van der Waals surface area contributed by atoms with E-state index >= 15 is 0 Å². The van der Waals surface area contributed by atoms with E-state index in [2.05, 4.69) is 10.3 Å². The molecule has 0 unspecified atom stereocenters. The van der Waals surface area contributed by atoms with Crippen molar-refractivity contribution in [1.82, 2.24) is 4.98 Å². The van der Waals surface area contributed by atoms with Crippen LogP contribution in [0.2, 0.25) is 0 Å². The molecule has 0 aliphatic heterocycles. The largest absolute Gasteiger partial charge is 0.322 e. The maximum atomic E-state index is 13.0. The topological polar surface area (TPSA) is 102 Å². The van der Waals surface area contributed by atoms with E-state index in [-0.39, 0.29) is 16.1 Å². The van der Waals surface area contributed by atoms with Crippen molar-refractivity contribution in [2.24, 2.45) is 5.14 Å². The predicted molar refractivity (Wildman–Crippen MR) is 74.7 cm³/mol. The van der Waals surface area contributed by atoms with Gasteiger partial charge in [-0.05, 0) is 30.7 Å². The number of rotatable bonds is 3. The predicted octanol–water partition coefficient (Wildman–Crippen LogP) is 1.43. The van der Waals surface area contributed by atoms with Crippen LogP contribution in [0.15, 0.2) is 41.6 Å². The lowest BCUT2D eigenvalue weighted by molar-refractivity contribution is 0.102. The van der Waals surface area contributed by atoms with Crippen molar-refractivity contribution in [3.05, 3.63) is 53.6 Å². The second-order valence-electron chi connectivity index (χ2n) is 4.37. The zero-order chi connectivity index (χ0) is 15.6. The number of anilines is 1. The van der Waals surface area contributed by atoms with Gasteiger partial charge >= 0.3 is 0 Å². The van der Waals surface area contributed by atoms with Crippen molar-refractivity contribution < 1.29 is 17.6 Å². The zero-order valence-electron chi connectivity index (χ0n) is 11.0. The number of primary sulfonamides is 1. The van der Waals surface area contributed by atoms with Gasteiger partial charge < -0.3 is 5.32 Å². The molecule has 0 saturated heterocycles. The zero-order valence-corrected chi connectivity index (χ0v) is 11.8. The van der Waals surface area contributed by atoms with Crippen LogP contribution in [0.3, 0.4) is 0 Å². The van der Waals surface area contributed by atoms with Gasteiger partial charge in [-0.3, -0.25) is 9.78 Å². The summed E-state index contributed by atoms with van der Waals surface area (Å²) in [5.41, 5.74) is 0.717. The van der Waals surface area contributed by atoms with Gasteiger partial charge in [0, 0.05) is 11.9 Å². The van der Waals surface area contributed by atoms with Crippen LogP contribution in [0.5, 0.6) is 0 Å². The highest BCUT2D eigenvalue weighted by Crippen LogP contribution is 2.19. The average Bonchev–Trinajstić information content (AvgIpc) is 2.39. The maximum Gasteiger partial charge on any atom is 0.257 e. The van der Waals surface area contributed by atoms with Gasteiger partial charge in [-0.1, -0.05) is 6.07 Å². The fourth-order valence-electron chi connectivity index (χ4n) is 1.72. The van der Waals surface area contributed by atoms with E-state index in [1.807, 2.05) is 0 Å². The van der Waals surface area contributed by atoms with Crippen LogP contribution in [0, 0.1) is 12.7 Å². The van der Waals surface area contributed by atoms with Gasteiger partial charge in [0.25, 0.3) is 5.91 Å². The number of aryl methyl sites for hydroxylation is 1. The number of carbonyl (C=O) groups excluding carboxylic acids is 1. The number of carbonyl (C=O) groups is 1. The summed E-state index contributed by atoms with van der Waals surface area (Å²) in [6, 6.07) is 5.31. The Balaban J connectivity index is 2.30. The summed E-state index contributed by atoms with van der Waals surface area (Å²) in [5, 5.41) is 7.55. The molecule has 0 spiro atoms. The second-order valence-corrected chi connectivity index (χ2v) is 5.90. The Kier molecular flexibility index (Phi) is 4.01. The van der Waals surface area contributed by atoms with Gasteiger partial charge in [0.05, 0.1) is 16.7 Å². The number of nitrogens with two attached hydrogens (primary N) is 1. The molecule has 2 aromatic rings. The number of aromatic nitrogens is 1. The average molecular weight is 309 g/mol. The second kappa shape index (κ2) is 5.58. The quantitative estimate of drug-likeness (QED) is 0.895. The van der Waals surface area contributed by atoms with E-state index < -0.39 is 21.7 Å². The van der Waals surface area contributed by atoms with Crippen molar-refractivity contribution >= 4 is 21.6 Å². The minimum Gasteiger partial charge on any atom is -0.322 e. The smallest absolute Gasteiger partial charge is 0.257 e. The summed E-state index contributed by atoms with van der Waals surface area (Å²) < 4.78 is 35.8. The number of sulfonamides is 1. The highest BCUT2D eigenvalue weighted by molar-refractivity contribution is 7.89. The van der Waals surface area contributed by atoms with Crippen molar-refractivity contribution in [1.29, 1.82) is 0 Å². The first-order valence-electron chi connectivity index (χ1n) is 5.83. The van der Waals surface area contributed by atoms with E-state index in [1.54, 1.807) is 6.92 Å². The van der Waals surface area contributed by atoms with E-state index in [0.29, 0.717) is 5.56 Å². The van der Waals surface area contributed by atoms with Gasteiger partial charge in [0.15, 0.2) is 0 Å². The molecule has 110 valence electrons. The standard InChI is InChI=1S/C13H12FN3O3S/c1-8-2-3-11(5-12(8)21(15,19)20)17-13(18)9-4-10(14)7-16-6-9/h2-7H,1H3,(H,17,18)(H2,15,19,20). The Labute approximate surface area is 120 Å². The summed E-state index contributed by atoms with van der Waals surface area (Å²) >= 11 is 0. The molecule has 0 radical (unpaired) electrons. The number of nitrogens with zero attached hydrogens (tertiary/aromatic N) is 1. The first kappa shape index (κ1) is 15.1. The molecule has 0 atom stereocenters. The lowest BCUT2D eigenvalue weighted by Crippen LogP contribution is -2.16. The summed E-state index contributed by atoms with van der Waals surface area (Å²) in [6.07, 6.45) is 2.18. The van der Waals surface area contributed by atoms with E-state index in [4.69, 9.17) is 5.14 Å². The fourth-order valence-corrected chi connectivity index (χ4v) is 2.53. The number of nitrogens with one attached hydrogen (secondary N) is 1. The molecule has 8 heteroatoms. The Morgan fingerprint density at radius 1 is 1.29 bits per heavy atom. The maximum absolute atomic E-state index is 13.0. The lowest BCUT2D eigenvalue weighted by Gasteiger charge is -2.09. The van der Waals surface area contributed by atoms with Crippen LogP contribution in [0.25, 0.3) is 0 Å². The van der Waals surface area contributed by atoms with Crippen LogP contribution < -0.4 is 10.5 Å². The molecule has 0 saturated carbocycles. The van der Waals surface area contributed by atoms with Crippen molar-refractivity contribution in [2.45, 2.75) is 11.8 Å². The Morgan fingerprint density at radius 3 is 2.62 bits per heavy atom. The van der Waals surface area contributed by atoms with Crippen LogP contribution in [-0.2, 0) is 10.0 Å². The molecule has 0 fully saturated rings. The third-order valence-corrected chi connectivity index (χ3v) is 3.77. The summed E-state index contributed by atoms with van der Waals surface area (Å²) in [4.78, 5) is 15.4. The molecule has 0 bridgehead atoms. The van der Waals surface area contributed by atoms with Crippen LogP contribution in [-0.4, -0.2) is 19.3 Å². The lowest BCUT2D eigenvalue weighted by atomic mass is 10.2. The fraction of sp³-hybridized carbons (Fsp3) is 0.0769. The van der Waals surface area contributed by atoms with Crippen LogP contribution >= 0.6 is 0 Å². The minimum absolute atomic E-state index is 0.0210. The number of amides is 1. The van der Waals surface area contributed by atoms with E-state index in [9.17, 15) is 17.6 Å².